The number of anilines is 1. The van der Waals surface area contributed by atoms with Gasteiger partial charge < -0.3 is 10.6 Å². The van der Waals surface area contributed by atoms with E-state index in [0.717, 1.165) is 22.8 Å². The van der Waals surface area contributed by atoms with Crippen LogP contribution in [0, 0.1) is 0 Å². The molecule has 4 rings (SSSR count). The van der Waals surface area contributed by atoms with E-state index in [4.69, 9.17) is 0 Å². The van der Waals surface area contributed by atoms with E-state index in [9.17, 15) is 13.2 Å². The Morgan fingerprint density at radius 1 is 1.17 bits per heavy atom. The second kappa shape index (κ2) is 8.92. The van der Waals surface area contributed by atoms with E-state index in [-0.39, 0.29) is 28.7 Å². The lowest BCUT2D eigenvalue weighted by atomic mass is 9.97. The van der Waals surface area contributed by atoms with E-state index < -0.39 is 9.84 Å². The number of benzene rings is 1. The number of amidine groups is 1. The first kappa shape index (κ1) is 20.5. The molecule has 3 aliphatic rings. The summed E-state index contributed by atoms with van der Waals surface area (Å²) in [5.74, 6) is 0.413. The number of hydrogen-bond donors (Lipinski definition) is 2. The zero-order valence-electron chi connectivity index (χ0n) is 16.4. The van der Waals surface area contributed by atoms with Crippen molar-refractivity contribution in [2.45, 2.75) is 49.8 Å². The van der Waals surface area contributed by atoms with Crippen molar-refractivity contribution in [1.29, 1.82) is 0 Å². The molecule has 1 aromatic carbocycles. The Kier molecular flexibility index (Phi) is 6.29. The SMILES string of the molecule is O=C(Cc1ccc(NC2=N[C@H]3CS(=O)(=O)C[C@H]3S2)cc1)NCCC1=CCCCC1. The average molecular weight is 434 g/mol. The highest BCUT2D eigenvalue weighted by Crippen LogP contribution is 2.34. The Morgan fingerprint density at radius 3 is 2.72 bits per heavy atom. The van der Waals surface area contributed by atoms with E-state index in [0.29, 0.717) is 13.0 Å². The van der Waals surface area contributed by atoms with Crippen LogP contribution in [0.2, 0.25) is 0 Å². The van der Waals surface area contributed by atoms with Crippen molar-refractivity contribution in [3.05, 3.63) is 41.5 Å². The summed E-state index contributed by atoms with van der Waals surface area (Å²) >= 11 is 1.51. The number of nitrogens with one attached hydrogen (secondary N) is 2. The van der Waals surface area contributed by atoms with Gasteiger partial charge in [-0.15, -0.1) is 0 Å². The van der Waals surface area contributed by atoms with Crippen LogP contribution in [0.4, 0.5) is 5.69 Å². The van der Waals surface area contributed by atoms with Gasteiger partial charge in [0.1, 0.15) is 0 Å². The van der Waals surface area contributed by atoms with Crippen molar-refractivity contribution in [2.24, 2.45) is 4.99 Å². The standard InChI is InChI=1S/C21H27N3O3S2/c25-20(22-11-10-15-4-2-1-3-5-15)12-16-6-8-17(9-7-16)23-21-24-18-13-29(26,27)14-19(18)28-21/h4,6-9,18-19H,1-3,5,10-14H2,(H,22,25)(H,23,24)/t18-,19+/m0/s1. The maximum Gasteiger partial charge on any atom is 0.224 e. The molecule has 2 aliphatic heterocycles. The normalized spacial score (nSPS) is 25.1. The zero-order chi connectivity index (χ0) is 20.3. The highest BCUT2D eigenvalue weighted by Gasteiger charge is 2.42. The van der Waals surface area contributed by atoms with E-state index in [2.05, 4.69) is 21.7 Å². The van der Waals surface area contributed by atoms with Gasteiger partial charge in [-0.3, -0.25) is 9.79 Å². The summed E-state index contributed by atoms with van der Waals surface area (Å²) in [6, 6.07) is 7.63. The quantitative estimate of drug-likeness (QED) is 0.674. The zero-order valence-corrected chi connectivity index (χ0v) is 18.0. The number of allylic oxidation sites excluding steroid dienone is 1. The highest BCUT2D eigenvalue weighted by molar-refractivity contribution is 8.15. The summed E-state index contributed by atoms with van der Waals surface area (Å²) in [6.45, 7) is 0.708. The Hall–Kier alpha value is -1.80. The summed E-state index contributed by atoms with van der Waals surface area (Å²) in [7, 11) is -2.93. The highest BCUT2D eigenvalue weighted by atomic mass is 32.2. The fraction of sp³-hybridized carbons (Fsp3) is 0.524. The predicted molar refractivity (Wildman–Crippen MR) is 119 cm³/mol. The van der Waals surface area contributed by atoms with Gasteiger partial charge in [0.2, 0.25) is 5.91 Å². The van der Waals surface area contributed by atoms with Gasteiger partial charge in [-0.25, -0.2) is 8.42 Å². The number of hydrogen-bond acceptors (Lipinski definition) is 6. The second-order valence-corrected chi connectivity index (χ2v) is 11.3. The third-order valence-corrected chi connectivity index (χ3v) is 8.68. The maximum atomic E-state index is 12.2. The first-order valence-corrected chi connectivity index (χ1v) is 12.9. The first-order valence-electron chi connectivity index (χ1n) is 10.2. The molecule has 0 radical (unpaired) electrons. The van der Waals surface area contributed by atoms with Gasteiger partial charge >= 0.3 is 0 Å². The summed E-state index contributed by atoms with van der Waals surface area (Å²) in [4.78, 5) is 16.7. The summed E-state index contributed by atoms with van der Waals surface area (Å²) < 4.78 is 23.3. The lowest BCUT2D eigenvalue weighted by Crippen LogP contribution is -2.26. The molecule has 0 aromatic heterocycles. The molecule has 0 saturated carbocycles. The maximum absolute atomic E-state index is 12.2. The van der Waals surface area contributed by atoms with Crippen molar-refractivity contribution in [3.63, 3.8) is 0 Å². The topological polar surface area (TPSA) is 87.6 Å². The van der Waals surface area contributed by atoms with Gasteiger partial charge in [-0.05, 0) is 49.8 Å². The molecule has 2 heterocycles. The van der Waals surface area contributed by atoms with Crippen LogP contribution >= 0.6 is 11.8 Å². The monoisotopic (exact) mass is 433 g/mol. The number of fused-ring (bicyclic) bond motifs is 1. The molecule has 156 valence electrons. The van der Waals surface area contributed by atoms with Crippen LogP contribution in [0.1, 0.15) is 37.7 Å². The van der Waals surface area contributed by atoms with Crippen LogP contribution in [0.3, 0.4) is 0 Å². The van der Waals surface area contributed by atoms with Crippen LogP contribution in [-0.4, -0.2) is 48.8 Å². The second-order valence-electron chi connectivity index (χ2n) is 7.94. The summed E-state index contributed by atoms with van der Waals surface area (Å²) in [5.41, 5.74) is 3.34. The number of amides is 1. The fourth-order valence-electron chi connectivity index (χ4n) is 3.99. The molecular weight excluding hydrogens is 406 g/mol. The van der Waals surface area contributed by atoms with Gasteiger partial charge in [-0.1, -0.05) is 35.5 Å². The third kappa shape index (κ3) is 5.63. The van der Waals surface area contributed by atoms with E-state index >= 15 is 0 Å². The number of thioether (sulfide) groups is 1. The molecule has 2 N–H and O–H groups in total. The molecular formula is C21H27N3O3S2. The molecule has 29 heavy (non-hydrogen) atoms. The minimum absolute atomic E-state index is 0.0369. The molecule has 8 heteroatoms. The van der Waals surface area contributed by atoms with Gasteiger partial charge in [0, 0.05) is 17.5 Å². The molecule has 1 fully saturated rings. The largest absolute Gasteiger partial charge is 0.355 e. The Morgan fingerprint density at radius 2 is 2.00 bits per heavy atom. The van der Waals surface area contributed by atoms with Gasteiger partial charge in [0.25, 0.3) is 0 Å². The number of sulfone groups is 1. The molecule has 1 amide bonds. The summed E-state index contributed by atoms with van der Waals surface area (Å²) in [6.07, 6.45) is 8.55. The Balaban J connectivity index is 1.22. The van der Waals surface area contributed by atoms with E-state index in [1.165, 1.54) is 43.0 Å². The van der Waals surface area contributed by atoms with Crippen LogP contribution in [0.25, 0.3) is 0 Å². The molecule has 1 aliphatic carbocycles. The molecule has 0 bridgehead atoms. The Bertz CT molecular complexity index is 923. The predicted octanol–water partition coefficient (Wildman–Crippen LogP) is 2.92. The van der Waals surface area contributed by atoms with Crippen LogP contribution in [0.5, 0.6) is 0 Å². The molecule has 1 aromatic rings. The number of nitrogens with zero attached hydrogens (tertiary/aromatic N) is 1. The third-order valence-electron chi connectivity index (χ3n) is 5.54. The smallest absolute Gasteiger partial charge is 0.224 e. The van der Waals surface area contributed by atoms with Crippen molar-refractivity contribution in [2.75, 3.05) is 23.4 Å². The fourth-order valence-corrected chi connectivity index (χ4v) is 7.66. The minimum Gasteiger partial charge on any atom is -0.355 e. The van der Waals surface area contributed by atoms with Crippen molar-refractivity contribution in [3.8, 4) is 0 Å². The lowest BCUT2D eigenvalue weighted by molar-refractivity contribution is -0.120. The molecule has 0 unspecified atom stereocenters. The summed E-state index contributed by atoms with van der Waals surface area (Å²) in [5, 5.41) is 7.09. The van der Waals surface area contributed by atoms with E-state index in [1.54, 1.807) is 0 Å². The number of carbonyl (C=O) groups is 1. The van der Waals surface area contributed by atoms with Gasteiger partial charge in [0.15, 0.2) is 15.0 Å². The van der Waals surface area contributed by atoms with Crippen molar-refractivity contribution < 1.29 is 13.2 Å². The number of rotatable bonds is 6. The number of carbonyl (C=O) groups excluding carboxylic acids is 1. The minimum atomic E-state index is -2.93. The molecule has 2 atom stereocenters. The van der Waals surface area contributed by atoms with Crippen molar-refractivity contribution >= 4 is 38.4 Å². The van der Waals surface area contributed by atoms with Gasteiger partial charge in [0.05, 0.1) is 24.0 Å². The molecule has 0 spiro atoms. The first-order chi connectivity index (χ1) is 14.0. The van der Waals surface area contributed by atoms with Crippen molar-refractivity contribution in [1.82, 2.24) is 5.32 Å². The van der Waals surface area contributed by atoms with Crippen LogP contribution in [-0.2, 0) is 21.1 Å². The Labute approximate surface area is 176 Å². The molecule has 1 saturated heterocycles. The van der Waals surface area contributed by atoms with Crippen LogP contribution in [0.15, 0.2) is 40.9 Å². The molecule has 6 nitrogen and oxygen atoms in total. The van der Waals surface area contributed by atoms with Crippen LogP contribution < -0.4 is 10.6 Å². The average Bonchev–Trinajstić information content (AvgIpc) is 3.16. The van der Waals surface area contributed by atoms with Gasteiger partial charge in [-0.2, -0.15) is 0 Å². The number of aliphatic imine (C=N–C) groups is 1. The van der Waals surface area contributed by atoms with E-state index in [1.807, 2.05) is 24.3 Å². The lowest BCUT2D eigenvalue weighted by Gasteiger charge is -2.13.